The van der Waals surface area contributed by atoms with Gasteiger partial charge < -0.3 is 9.47 Å². The Bertz CT molecular complexity index is 968. The molecule has 1 unspecified atom stereocenters. The van der Waals surface area contributed by atoms with E-state index in [1.807, 2.05) is 11.0 Å². The predicted octanol–water partition coefficient (Wildman–Crippen LogP) is 4.97. The van der Waals surface area contributed by atoms with Crippen LogP contribution in [0.4, 0.5) is 5.69 Å². The van der Waals surface area contributed by atoms with Crippen LogP contribution in [0.1, 0.15) is 49.1 Å². The van der Waals surface area contributed by atoms with Crippen molar-refractivity contribution in [2.45, 2.75) is 52.5 Å². The Hall–Kier alpha value is -2.62. The molecule has 1 atom stereocenters. The van der Waals surface area contributed by atoms with Gasteiger partial charge in [-0.3, -0.25) is 4.79 Å². The summed E-state index contributed by atoms with van der Waals surface area (Å²) in [7, 11) is 0. The number of unbranched alkanes of at least 4 members (excludes halogenated alkanes) is 1. The highest BCUT2D eigenvalue weighted by Crippen LogP contribution is 2.36. The van der Waals surface area contributed by atoms with Crippen molar-refractivity contribution in [1.29, 1.82) is 0 Å². The average Bonchev–Trinajstić information content (AvgIpc) is 3.21. The molecule has 1 fully saturated rings. The molecule has 1 aliphatic heterocycles. The zero-order valence-electron chi connectivity index (χ0n) is 16.4. The van der Waals surface area contributed by atoms with E-state index in [1.54, 1.807) is 0 Å². The highest BCUT2D eigenvalue weighted by Gasteiger charge is 2.35. The van der Waals surface area contributed by atoms with E-state index in [1.165, 1.54) is 5.52 Å². The van der Waals surface area contributed by atoms with Crippen molar-refractivity contribution in [3.05, 3.63) is 59.4 Å². The number of fused-ring (bicyclic) bond motifs is 1. The molecule has 1 saturated heterocycles. The fraction of sp³-hybridized carbons (Fsp3) is 0.391. The Morgan fingerprint density at radius 2 is 1.81 bits per heavy atom. The Morgan fingerprint density at radius 1 is 1.07 bits per heavy atom. The fourth-order valence-electron chi connectivity index (χ4n) is 4.29. The third-order valence-electron chi connectivity index (χ3n) is 5.62. The van der Waals surface area contributed by atoms with Gasteiger partial charge in [0, 0.05) is 31.1 Å². The van der Waals surface area contributed by atoms with E-state index >= 15 is 0 Å². The van der Waals surface area contributed by atoms with Gasteiger partial charge in [0.05, 0.1) is 11.0 Å². The molecule has 0 radical (unpaired) electrons. The first kappa shape index (κ1) is 17.8. The van der Waals surface area contributed by atoms with E-state index in [9.17, 15) is 4.79 Å². The first-order valence-corrected chi connectivity index (χ1v) is 9.92. The third kappa shape index (κ3) is 3.14. The number of benzene rings is 2. The van der Waals surface area contributed by atoms with Crippen molar-refractivity contribution in [2.75, 3.05) is 11.4 Å². The van der Waals surface area contributed by atoms with Gasteiger partial charge in [-0.2, -0.15) is 0 Å². The summed E-state index contributed by atoms with van der Waals surface area (Å²) in [6, 6.07) is 14.5. The number of anilines is 1. The maximum atomic E-state index is 12.9. The second-order valence-corrected chi connectivity index (χ2v) is 7.61. The van der Waals surface area contributed by atoms with Crippen molar-refractivity contribution in [2.24, 2.45) is 0 Å². The van der Waals surface area contributed by atoms with E-state index in [2.05, 4.69) is 61.7 Å². The maximum Gasteiger partial charge on any atom is 0.227 e. The molecule has 0 aliphatic carbocycles. The van der Waals surface area contributed by atoms with Gasteiger partial charge in [-0.25, -0.2) is 4.98 Å². The Labute approximate surface area is 160 Å². The zero-order chi connectivity index (χ0) is 19.0. The minimum absolute atomic E-state index is 0.140. The third-order valence-corrected chi connectivity index (χ3v) is 5.62. The van der Waals surface area contributed by atoms with Crippen LogP contribution in [0.25, 0.3) is 11.0 Å². The van der Waals surface area contributed by atoms with Crippen LogP contribution in [0.3, 0.4) is 0 Å². The van der Waals surface area contributed by atoms with Crippen LogP contribution in [0.2, 0.25) is 0 Å². The van der Waals surface area contributed by atoms with Gasteiger partial charge in [0.1, 0.15) is 5.82 Å². The lowest BCUT2D eigenvalue weighted by atomic mass is 10.1. The molecule has 2 aromatic carbocycles. The smallest absolute Gasteiger partial charge is 0.227 e. The average molecular weight is 361 g/mol. The fourth-order valence-corrected chi connectivity index (χ4v) is 4.29. The molecule has 0 bridgehead atoms. The lowest BCUT2D eigenvalue weighted by Crippen LogP contribution is -2.26. The number of aryl methyl sites for hydroxylation is 3. The van der Waals surface area contributed by atoms with Crippen LogP contribution >= 0.6 is 0 Å². The van der Waals surface area contributed by atoms with Crippen LogP contribution in [-0.2, 0) is 11.3 Å². The molecular formula is C23H27N3O. The van der Waals surface area contributed by atoms with Crippen molar-refractivity contribution in [3.63, 3.8) is 0 Å². The number of carbonyl (C=O) groups is 1. The number of carbonyl (C=O) groups excluding carboxylic acids is 1. The quantitative estimate of drug-likeness (QED) is 0.643. The molecule has 4 heteroatoms. The van der Waals surface area contributed by atoms with Crippen LogP contribution < -0.4 is 4.90 Å². The zero-order valence-corrected chi connectivity index (χ0v) is 16.4. The van der Waals surface area contributed by atoms with Crippen molar-refractivity contribution >= 4 is 22.6 Å². The molecule has 1 amide bonds. The predicted molar refractivity (Wildman–Crippen MR) is 110 cm³/mol. The number of aromatic nitrogens is 2. The summed E-state index contributed by atoms with van der Waals surface area (Å²) >= 11 is 0. The molecule has 1 aromatic heterocycles. The molecular weight excluding hydrogens is 334 g/mol. The summed E-state index contributed by atoms with van der Waals surface area (Å²) in [6.07, 6.45) is 2.79. The standard InChI is InChI=1S/C23H27N3O/c1-4-5-13-25-20-12-7-6-11-19(20)24-23(25)18-14-21(27)26(15-18)22-16(2)9-8-10-17(22)3/h6-12,18H,4-5,13-15H2,1-3H3. The van der Waals surface area contributed by atoms with E-state index in [0.29, 0.717) is 13.0 Å². The van der Waals surface area contributed by atoms with Crippen LogP contribution in [0.5, 0.6) is 0 Å². The molecule has 4 rings (SSSR count). The Kier molecular flexibility index (Phi) is 4.73. The van der Waals surface area contributed by atoms with Gasteiger partial charge in [-0.15, -0.1) is 0 Å². The summed E-state index contributed by atoms with van der Waals surface area (Å²) in [5.74, 6) is 1.40. The lowest BCUT2D eigenvalue weighted by Gasteiger charge is -2.21. The van der Waals surface area contributed by atoms with Crippen LogP contribution in [0, 0.1) is 13.8 Å². The minimum atomic E-state index is 0.140. The molecule has 2 heterocycles. The van der Waals surface area contributed by atoms with Gasteiger partial charge in [-0.05, 0) is 43.5 Å². The second-order valence-electron chi connectivity index (χ2n) is 7.61. The molecule has 1 aliphatic rings. The SMILES string of the molecule is CCCCn1c(C2CC(=O)N(c3c(C)cccc3C)C2)nc2ccccc21. The van der Waals surface area contributed by atoms with E-state index < -0.39 is 0 Å². The second kappa shape index (κ2) is 7.18. The number of imidazole rings is 1. The molecule has 0 N–H and O–H groups in total. The normalized spacial score (nSPS) is 17.2. The highest BCUT2D eigenvalue weighted by molar-refractivity contribution is 5.98. The van der Waals surface area contributed by atoms with Gasteiger partial charge in [-0.1, -0.05) is 43.7 Å². The molecule has 4 nitrogen and oxygen atoms in total. The molecule has 140 valence electrons. The molecule has 3 aromatic rings. The lowest BCUT2D eigenvalue weighted by molar-refractivity contribution is -0.117. The number of nitrogens with zero attached hydrogens (tertiary/aromatic N) is 3. The summed E-state index contributed by atoms with van der Waals surface area (Å²) < 4.78 is 2.34. The first-order valence-electron chi connectivity index (χ1n) is 9.92. The minimum Gasteiger partial charge on any atom is -0.328 e. The van der Waals surface area contributed by atoms with E-state index in [0.717, 1.165) is 47.5 Å². The van der Waals surface area contributed by atoms with Gasteiger partial charge >= 0.3 is 0 Å². The summed E-state index contributed by atoms with van der Waals surface area (Å²) in [5, 5.41) is 0. The van der Waals surface area contributed by atoms with Crippen LogP contribution in [0.15, 0.2) is 42.5 Å². The summed E-state index contributed by atoms with van der Waals surface area (Å²) in [4.78, 5) is 19.8. The van der Waals surface area contributed by atoms with Gasteiger partial charge in [0.25, 0.3) is 0 Å². The van der Waals surface area contributed by atoms with E-state index in [-0.39, 0.29) is 11.8 Å². The molecule has 0 spiro atoms. The number of amides is 1. The number of hydrogen-bond acceptors (Lipinski definition) is 2. The Morgan fingerprint density at radius 3 is 2.56 bits per heavy atom. The summed E-state index contributed by atoms with van der Waals surface area (Å²) in [6.45, 7) is 8.04. The van der Waals surface area contributed by atoms with Crippen molar-refractivity contribution in [3.8, 4) is 0 Å². The monoisotopic (exact) mass is 361 g/mol. The maximum absolute atomic E-state index is 12.9. The summed E-state index contributed by atoms with van der Waals surface area (Å²) in [5.41, 5.74) is 5.59. The number of rotatable bonds is 5. The molecule has 27 heavy (non-hydrogen) atoms. The largest absolute Gasteiger partial charge is 0.328 e. The Balaban J connectivity index is 1.72. The van der Waals surface area contributed by atoms with Gasteiger partial charge in [0.2, 0.25) is 5.91 Å². The van der Waals surface area contributed by atoms with Crippen molar-refractivity contribution in [1.82, 2.24) is 9.55 Å². The number of para-hydroxylation sites is 3. The number of hydrogen-bond donors (Lipinski definition) is 0. The molecule has 0 saturated carbocycles. The van der Waals surface area contributed by atoms with Crippen LogP contribution in [-0.4, -0.2) is 22.0 Å². The van der Waals surface area contributed by atoms with Gasteiger partial charge in [0.15, 0.2) is 0 Å². The highest BCUT2D eigenvalue weighted by atomic mass is 16.2. The van der Waals surface area contributed by atoms with Crippen molar-refractivity contribution < 1.29 is 4.79 Å². The first-order chi connectivity index (χ1) is 13.1. The van der Waals surface area contributed by atoms with E-state index in [4.69, 9.17) is 4.98 Å². The topological polar surface area (TPSA) is 38.1 Å².